The first-order valence-electron chi connectivity index (χ1n) is 11.1. The van der Waals surface area contributed by atoms with E-state index in [1.165, 1.54) is 5.56 Å². The Morgan fingerprint density at radius 1 is 1.16 bits per heavy atom. The number of nitrogens with one attached hydrogen (secondary N) is 1. The fourth-order valence-electron chi connectivity index (χ4n) is 3.70. The predicted molar refractivity (Wildman–Crippen MR) is 123 cm³/mol. The van der Waals surface area contributed by atoms with Crippen LogP contribution >= 0.6 is 0 Å². The van der Waals surface area contributed by atoms with Gasteiger partial charge in [-0.2, -0.15) is 0 Å². The summed E-state index contributed by atoms with van der Waals surface area (Å²) in [6, 6.07) is 13.4. The first kappa shape index (κ1) is 22.7. The van der Waals surface area contributed by atoms with Gasteiger partial charge in [0, 0.05) is 18.2 Å². The van der Waals surface area contributed by atoms with Crippen molar-refractivity contribution in [1.29, 1.82) is 0 Å². The fraction of sp³-hybridized carbons (Fsp3) is 0.440. The maximum Gasteiger partial charge on any atom is 0.265 e. The highest BCUT2D eigenvalue weighted by atomic mass is 16.5. The van der Waals surface area contributed by atoms with Crippen LogP contribution in [0, 0.1) is 12.8 Å². The number of anilines is 2. The summed E-state index contributed by atoms with van der Waals surface area (Å²) in [4.78, 5) is 26.7. The van der Waals surface area contributed by atoms with Crippen LogP contribution < -0.4 is 19.7 Å². The summed E-state index contributed by atoms with van der Waals surface area (Å²) in [6.07, 6.45) is 3.23. The van der Waals surface area contributed by atoms with Gasteiger partial charge in [0.05, 0.1) is 12.3 Å². The lowest BCUT2D eigenvalue weighted by atomic mass is 10.0. The number of carbonyl (C=O) groups excluding carboxylic acids is 2. The van der Waals surface area contributed by atoms with Crippen LogP contribution in [0.5, 0.6) is 11.5 Å². The third-order valence-electron chi connectivity index (χ3n) is 5.56. The molecular weight excluding hydrogens is 392 g/mol. The van der Waals surface area contributed by atoms with Crippen molar-refractivity contribution in [1.82, 2.24) is 0 Å². The van der Waals surface area contributed by atoms with Crippen molar-refractivity contribution >= 4 is 23.2 Å². The number of unbranched alkanes of at least 4 members (excludes halogenated alkanes) is 1. The van der Waals surface area contributed by atoms with E-state index in [1.54, 1.807) is 4.90 Å². The van der Waals surface area contributed by atoms with Gasteiger partial charge in [0.15, 0.2) is 6.61 Å². The SMILES string of the molecule is CCC(CC)C(=O)Nc1ccc2c(c1)N(CCCCOc1cccc(C)c1)C(=O)CO2. The number of hydrogen-bond acceptors (Lipinski definition) is 4. The van der Waals surface area contributed by atoms with E-state index < -0.39 is 0 Å². The topological polar surface area (TPSA) is 67.9 Å². The van der Waals surface area contributed by atoms with E-state index in [4.69, 9.17) is 9.47 Å². The number of nitrogens with zero attached hydrogens (tertiary/aromatic N) is 1. The van der Waals surface area contributed by atoms with Crippen LogP contribution in [0.3, 0.4) is 0 Å². The number of ether oxygens (including phenoxy) is 2. The summed E-state index contributed by atoms with van der Waals surface area (Å²) in [5.41, 5.74) is 2.56. The van der Waals surface area contributed by atoms with Gasteiger partial charge >= 0.3 is 0 Å². The molecule has 2 aromatic rings. The highest BCUT2D eigenvalue weighted by Gasteiger charge is 2.26. The van der Waals surface area contributed by atoms with Crippen LogP contribution in [0.15, 0.2) is 42.5 Å². The van der Waals surface area contributed by atoms with Gasteiger partial charge < -0.3 is 19.7 Å². The Kier molecular flexibility index (Phi) is 7.93. The molecule has 0 bridgehead atoms. The minimum absolute atomic E-state index is 0.00727. The molecule has 0 atom stereocenters. The zero-order chi connectivity index (χ0) is 22.2. The maximum atomic E-state index is 12.5. The molecule has 6 heteroatoms. The Labute approximate surface area is 184 Å². The van der Waals surface area contributed by atoms with Gasteiger partial charge in [-0.1, -0.05) is 26.0 Å². The summed E-state index contributed by atoms with van der Waals surface area (Å²) in [5.74, 6) is 1.45. The first-order chi connectivity index (χ1) is 15.0. The summed E-state index contributed by atoms with van der Waals surface area (Å²) in [5, 5.41) is 2.98. The lowest BCUT2D eigenvalue weighted by Gasteiger charge is -2.30. The minimum Gasteiger partial charge on any atom is -0.494 e. The van der Waals surface area contributed by atoms with E-state index in [0.29, 0.717) is 30.3 Å². The van der Waals surface area contributed by atoms with Crippen LogP contribution in [-0.4, -0.2) is 31.6 Å². The Morgan fingerprint density at radius 2 is 1.97 bits per heavy atom. The van der Waals surface area contributed by atoms with Crippen LogP contribution in [0.2, 0.25) is 0 Å². The number of fused-ring (bicyclic) bond motifs is 1. The molecule has 0 aromatic heterocycles. The van der Waals surface area contributed by atoms with Gasteiger partial charge in [0.1, 0.15) is 11.5 Å². The van der Waals surface area contributed by atoms with Crippen molar-refractivity contribution in [2.75, 3.05) is 30.0 Å². The second-order valence-corrected chi connectivity index (χ2v) is 7.89. The van der Waals surface area contributed by atoms with Gasteiger partial charge in [-0.3, -0.25) is 9.59 Å². The third-order valence-corrected chi connectivity index (χ3v) is 5.56. The van der Waals surface area contributed by atoms with E-state index in [1.807, 2.05) is 63.2 Å². The summed E-state index contributed by atoms with van der Waals surface area (Å²) >= 11 is 0. The molecule has 3 rings (SSSR count). The molecule has 1 N–H and O–H groups in total. The molecule has 1 heterocycles. The van der Waals surface area contributed by atoms with E-state index in [2.05, 4.69) is 5.32 Å². The predicted octanol–water partition coefficient (Wildman–Crippen LogP) is 4.95. The normalized spacial score (nSPS) is 13.0. The lowest BCUT2D eigenvalue weighted by molar-refractivity contribution is -0.121. The average Bonchev–Trinajstić information content (AvgIpc) is 2.76. The van der Waals surface area contributed by atoms with Crippen LogP contribution in [0.1, 0.15) is 45.1 Å². The van der Waals surface area contributed by atoms with Gasteiger partial charge in [0.2, 0.25) is 5.91 Å². The van der Waals surface area contributed by atoms with Gasteiger partial charge in [-0.25, -0.2) is 0 Å². The number of benzene rings is 2. The smallest absolute Gasteiger partial charge is 0.265 e. The van der Waals surface area contributed by atoms with Crippen LogP contribution in [0.4, 0.5) is 11.4 Å². The quantitative estimate of drug-likeness (QED) is 0.548. The van der Waals surface area contributed by atoms with E-state index in [0.717, 1.165) is 31.4 Å². The zero-order valence-electron chi connectivity index (χ0n) is 18.6. The van der Waals surface area contributed by atoms with E-state index in [9.17, 15) is 9.59 Å². The molecule has 0 radical (unpaired) electrons. The number of aryl methyl sites for hydroxylation is 1. The van der Waals surface area contributed by atoms with Crippen molar-refractivity contribution in [3.8, 4) is 11.5 Å². The first-order valence-corrected chi connectivity index (χ1v) is 11.1. The molecule has 166 valence electrons. The van der Waals surface area contributed by atoms with Crippen LogP contribution in [-0.2, 0) is 9.59 Å². The van der Waals surface area contributed by atoms with Crippen molar-refractivity contribution < 1.29 is 19.1 Å². The third kappa shape index (κ3) is 6.00. The molecule has 1 aliphatic heterocycles. The second-order valence-electron chi connectivity index (χ2n) is 7.89. The van der Waals surface area contributed by atoms with Crippen molar-refractivity contribution in [2.24, 2.45) is 5.92 Å². The molecule has 1 aliphatic rings. The molecule has 0 spiro atoms. The summed E-state index contributed by atoms with van der Waals surface area (Å²) in [7, 11) is 0. The Balaban J connectivity index is 1.59. The largest absolute Gasteiger partial charge is 0.494 e. The monoisotopic (exact) mass is 424 g/mol. The average molecular weight is 425 g/mol. The van der Waals surface area contributed by atoms with Crippen molar-refractivity contribution in [3.05, 3.63) is 48.0 Å². The minimum atomic E-state index is -0.0735. The molecule has 2 amide bonds. The number of carbonyl (C=O) groups is 2. The Morgan fingerprint density at radius 3 is 2.71 bits per heavy atom. The number of hydrogen-bond donors (Lipinski definition) is 1. The lowest BCUT2D eigenvalue weighted by Crippen LogP contribution is -2.39. The Hall–Kier alpha value is -3.02. The number of amides is 2. The van der Waals surface area contributed by atoms with E-state index >= 15 is 0 Å². The summed E-state index contributed by atoms with van der Waals surface area (Å²) in [6.45, 7) is 7.27. The summed E-state index contributed by atoms with van der Waals surface area (Å²) < 4.78 is 11.4. The molecule has 31 heavy (non-hydrogen) atoms. The molecule has 0 unspecified atom stereocenters. The molecule has 0 saturated carbocycles. The van der Waals surface area contributed by atoms with Gasteiger partial charge in [-0.15, -0.1) is 0 Å². The standard InChI is InChI=1S/C25H32N2O4/c1-4-19(5-2)25(29)26-20-11-12-23-22(16-20)27(24(28)17-31-23)13-6-7-14-30-21-10-8-9-18(3)15-21/h8-12,15-16,19H,4-7,13-14,17H2,1-3H3,(H,26,29). The second kappa shape index (κ2) is 10.8. The van der Waals surface area contributed by atoms with Crippen LogP contribution in [0.25, 0.3) is 0 Å². The molecule has 6 nitrogen and oxygen atoms in total. The zero-order valence-corrected chi connectivity index (χ0v) is 18.6. The van der Waals surface area contributed by atoms with Gasteiger partial charge in [0.25, 0.3) is 5.91 Å². The van der Waals surface area contributed by atoms with Gasteiger partial charge in [-0.05, 0) is 68.5 Å². The highest BCUT2D eigenvalue weighted by Crippen LogP contribution is 2.35. The molecule has 0 fully saturated rings. The van der Waals surface area contributed by atoms with Crippen molar-refractivity contribution in [2.45, 2.75) is 46.5 Å². The van der Waals surface area contributed by atoms with Crippen molar-refractivity contribution in [3.63, 3.8) is 0 Å². The number of rotatable bonds is 10. The highest BCUT2D eigenvalue weighted by molar-refractivity contribution is 5.99. The molecule has 0 saturated heterocycles. The van der Waals surface area contributed by atoms with E-state index in [-0.39, 0.29) is 24.3 Å². The maximum absolute atomic E-state index is 12.5. The molecule has 0 aliphatic carbocycles. The Bertz CT molecular complexity index is 908. The molecular formula is C25H32N2O4. The molecule has 2 aromatic carbocycles. The fourth-order valence-corrected chi connectivity index (χ4v) is 3.70.